The van der Waals surface area contributed by atoms with E-state index in [1.54, 1.807) is 22.9 Å². The van der Waals surface area contributed by atoms with Crippen LogP contribution in [0.1, 0.15) is 6.42 Å². The highest BCUT2D eigenvalue weighted by atomic mass is 127. The molecule has 7 heteroatoms. The number of carbonyl (C=O) groups is 2. The molecule has 1 saturated heterocycles. The van der Waals surface area contributed by atoms with Gasteiger partial charge >= 0.3 is 11.8 Å². The van der Waals surface area contributed by atoms with Gasteiger partial charge in [0, 0.05) is 12.3 Å². The maximum absolute atomic E-state index is 13.1. The Labute approximate surface area is 99.8 Å². The molecular weight excluding hydrogens is 318 g/mol. The summed E-state index contributed by atoms with van der Waals surface area (Å²) >= 11 is 1.59. The minimum absolute atomic E-state index is 0.167. The third-order valence-electron chi connectivity index (χ3n) is 2.64. The van der Waals surface area contributed by atoms with Crippen LogP contribution in [0, 0.1) is 5.92 Å². The Balaban J connectivity index is 2.25. The van der Waals surface area contributed by atoms with Crippen molar-refractivity contribution in [2.24, 2.45) is 5.92 Å². The average Bonchev–Trinajstić information content (AvgIpc) is 2.72. The van der Waals surface area contributed by atoms with Gasteiger partial charge in [-0.05, 0) is 11.6 Å². The fraction of sp³-hybridized carbons (Fsp3) is 0.500. The van der Waals surface area contributed by atoms with Crippen LogP contribution >= 0.6 is 22.9 Å². The maximum atomic E-state index is 13.1. The quantitative estimate of drug-likeness (QED) is 0.301. The first kappa shape index (κ1) is 11.0. The molecule has 0 aromatic carbocycles. The highest BCUT2D eigenvalue weighted by molar-refractivity contribution is 14.1. The molecule has 0 aromatic rings. The average molecular weight is 325 g/mol. The lowest BCUT2D eigenvalue weighted by molar-refractivity contribution is -0.156. The van der Waals surface area contributed by atoms with E-state index in [4.69, 9.17) is 0 Å². The maximum Gasteiger partial charge on any atom is 0.326 e. The van der Waals surface area contributed by atoms with E-state index < -0.39 is 18.3 Å². The van der Waals surface area contributed by atoms with Crippen LogP contribution < -0.4 is 0 Å². The molecule has 1 aliphatic heterocycles. The second kappa shape index (κ2) is 3.26. The zero-order valence-corrected chi connectivity index (χ0v) is 9.99. The number of fused-ring (bicyclic) bond motifs is 1. The lowest BCUT2D eigenvalue weighted by Gasteiger charge is -2.25. The molecule has 1 aliphatic carbocycles. The zero-order chi connectivity index (χ0) is 11.4. The lowest BCUT2D eigenvalue weighted by Crippen LogP contribution is -2.44. The number of hydrogen-bond donors (Lipinski definition) is 0. The summed E-state index contributed by atoms with van der Waals surface area (Å²) < 4.78 is 27.3. The molecule has 0 bridgehead atoms. The van der Waals surface area contributed by atoms with E-state index in [-0.39, 0.29) is 17.6 Å². The van der Waals surface area contributed by atoms with Gasteiger partial charge in [-0.3, -0.25) is 7.91 Å². The van der Waals surface area contributed by atoms with E-state index >= 15 is 0 Å². The third kappa shape index (κ3) is 1.70. The first-order valence-corrected chi connectivity index (χ1v) is 5.40. The van der Waals surface area contributed by atoms with Crippen LogP contribution in [0.25, 0.3) is 0 Å². The predicted octanol–water partition coefficient (Wildman–Crippen LogP) is 0.288. The van der Waals surface area contributed by atoms with Crippen LogP contribution in [0.3, 0.4) is 0 Å². The van der Waals surface area contributed by atoms with Crippen LogP contribution in [0.15, 0.2) is 11.6 Å². The van der Waals surface area contributed by atoms with Gasteiger partial charge in [-0.15, -0.1) is 0 Å². The van der Waals surface area contributed by atoms with Crippen LogP contribution in [-0.4, -0.2) is 34.5 Å². The van der Waals surface area contributed by atoms with Gasteiger partial charge in [0.1, 0.15) is 5.68 Å². The van der Waals surface area contributed by atoms with E-state index in [1.165, 1.54) is 13.9 Å². The van der Waals surface area contributed by atoms with Gasteiger partial charge in [-0.25, -0.2) is 0 Å². The molecule has 0 spiro atoms. The van der Waals surface area contributed by atoms with Gasteiger partial charge in [0.05, 0.1) is 28.9 Å². The van der Waals surface area contributed by atoms with Gasteiger partial charge in [-0.2, -0.15) is 8.78 Å². The molecule has 1 unspecified atom stereocenters. The molecule has 2 fully saturated rings. The summed E-state index contributed by atoms with van der Waals surface area (Å²) in [6.07, 6.45) is 0.894. The minimum Gasteiger partial charge on any atom is -0.307 e. The Morgan fingerprint density at radius 2 is 2.27 bits per heavy atom. The van der Waals surface area contributed by atoms with Gasteiger partial charge < -0.3 is 4.79 Å². The summed E-state index contributed by atoms with van der Waals surface area (Å²) in [6.45, 7) is 0. The fourth-order valence-electron chi connectivity index (χ4n) is 1.91. The van der Waals surface area contributed by atoms with E-state index in [9.17, 15) is 18.4 Å². The van der Waals surface area contributed by atoms with Crippen molar-refractivity contribution in [3.63, 3.8) is 0 Å². The lowest BCUT2D eigenvalue weighted by atomic mass is 10.0. The number of amides is 1. The number of halogens is 3. The minimum atomic E-state index is -3.28. The normalized spacial score (nSPS) is 35.3. The molecule has 0 radical (unpaired) electrons. The van der Waals surface area contributed by atoms with Crippen molar-refractivity contribution in [3.05, 3.63) is 11.6 Å². The highest BCUT2D eigenvalue weighted by Gasteiger charge is 2.62. The number of rotatable bonds is 1. The molecule has 2 rings (SSSR count). The molecule has 80 valence electrons. The molecule has 2 atom stereocenters. The summed E-state index contributed by atoms with van der Waals surface area (Å²) in [4.78, 5) is 22.0. The van der Waals surface area contributed by atoms with Crippen molar-refractivity contribution in [1.82, 2.24) is 3.11 Å². The number of allylic oxidation sites excluding steroid dienone is 1. The summed E-state index contributed by atoms with van der Waals surface area (Å²) in [5, 5.41) is 0. The van der Waals surface area contributed by atoms with Gasteiger partial charge in [0.25, 0.3) is 0 Å². The number of piperidine rings is 1. The van der Waals surface area contributed by atoms with Gasteiger partial charge in [-0.1, -0.05) is 0 Å². The molecule has 2 aliphatic rings. The Hall–Kier alpha value is -0.465. The van der Waals surface area contributed by atoms with Gasteiger partial charge in [0.15, 0.2) is 7.85 Å². The molecule has 0 aromatic heterocycles. The first-order chi connectivity index (χ1) is 6.84. The van der Waals surface area contributed by atoms with Crippen molar-refractivity contribution in [2.75, 3.05) is 0 Å². The van der Waals surface area contributed by atoms with E-state index in [2.05, 4.69) is 0 Å². The summed E-state index contributed by atoms with van der Waals surface area (Å²) in [5.74, 6) is -4.77. The van der Waals surface area contributed by atoms with Crippen molar-refractivity contribution < 1.29 is 18.4 Å². The zero-order valence-electron chi connectivity index (χ0n) is 7.84. The number of hydrogen-bond acceptors (Lipinski definition) is 2. The molecule has 15 heavy (non-hydrogen) atoms. The Morgan fingerprint density at radius 1 is 1.67 bits per heavy atom. The summed E-state index contributed by atoms with van der Waals surface area (Å²) in [5.41, 5.74) is 0.488. The second-order valence-corrected chi connectivity index (χ2v) is 4.87. The Bertz CT molecular complexity index is 385. The second-order valence-electron chi connectivity index (χ2n) is 3.83. The van der Waals surface area contributed by atoms with Crippen molar-refractivity contribution >= 4 is 42.3 Å². The number of carbonyl (C=O) groups excluding carboxylic acids is 2. The predicted molar refractivity (Wildman–Crippen MR) is 59.3 cm³/mol. The first-order valence-electron chi connectivity index (χ1n) is 4.44. The van der Waals surface area contributed by atoms with Gasteiger partial charge in [0.2, 0.25) is 0 Å². The third-order valence-corrected chi connectivity index (χ3v) is 3.68. The number of alkyl halides is 2. The van der Waals surface area contributed by atoms with E-state index in [0.29, 0.717) is 5.57 Å². The highest BCUT2D eigenvalue weighted by Crippen LogP contribution is 2.54. The van der Waals surface area contributed by atoms with E-state index in [0.717, 1.165) is 3.11 Å². The smallest absolute Gasteiger partial charge is 0.307 e. The van der Waals surface area contributed by atoms with Crippen LogP contribution in [0.2, 0.25) is 0 Å². The monoisotopic (exact) mass is 325 g/mol. The van der Waals surface area contributed by atoms with Crippen LogP contribution in [0.4, 0.5) is 8.78 Å². The topological polar surface area (TPSA) is 37.4 Å². The van der Waals surface area contributed by atoms with Crippen molar-refractivity contribution in [2.45, 2.75) is 18.4 Å². The molecular formula is C8H7BF2INO2. The van der Waals surface area contributed by atoms with E-state index in [1.807, 2.05) is 0 Å². The molecule has 1 amide bonds. The standard InChI is InChI=1S/C8H7BF2INO2/c9-5(14)1-3-4-2-8(10,11)7(15)13(12)6(3)4/h1,4,6H,2,9H2/b3-1-/t4-,6?/m1/s1. The van der Waals surface area contributed by atoms with Crippen molar-refractivity contribution in [1.29, 1.82) is 0 Å². The molecule has 3 nitrogen and oxygen atoms in total. The fourth-order valence-corrected chi connectivity index (χ4v) is 2.98. The Morgan fingerprint density at radius 3 is 2.80 bits per heavy atom. The molecule has 1 saturated carbocycles. The largest absolute Gasteiger partial charge is 0.326 e. The molecule has 0 N–H and O–H groups in total. The summed E-state index contributed by atoms with van der Waals surface area (Å²) in [6, 6.07) is -0.290. The van der Waals surface area contributed by atoms with Crippen molar-refractivity contribution in [3.8, 4) is 0 Å². The SMILES string of the molecule is BC(=O)/C=C1\C2[C@@H]1CC(F)(F)C(=O)N2I. The Kier molecular flexibility index (Phi) is 2.40. The van der Waals surface area contributed by atoms with Crippen LogP contribution in [0.5, 0.6) is 0 Å². The van der Waals surface area contributed by atoms with Crippen LogP contribution in [-0.2, 0) is 9.59 Å². The summed E-state index contributed by atoms with van der Waals surface area (Å²) in [7, 11) is 1.37. The molecule has 1 heterocycles. The number of nitrogens with zero attached hydrogens (tertiary/aromatic N) is 1.